The number of hydrogen-bond donors (Lipinski definition) is 0. The number of hydrogen-bond acceptors (Lipinski definition) is 6. The summed E-state index contributed by atoms with van der Waals surface area (Å²) in [6.07, 6.45) is 0.124. The number of benzene rings is 2. The van der Waals surface area contributed by atoms with Crippen LogP contribution in [0.25, 0.3) is 0 Å². The summed E-state index contributed by atoms with van der Waals surface area (Å²) >= 11 is 6.20. The standard InChI is InChI=1S/C19H22ClNO6S2/c1-26-17-8-7-14(13-18(17)27-2)29(24,25)21-10-9-19(28(22,23)12-11-21)15-5-3-4-6-16(15)20/h3-8,13,19H,9-12H2,1-2H3. The van der Waals surface area contributed by atoms with Crippen LogP contribution in [0.1, 0.15) is 17.2 Å². The van der Waals surface area contributed by atoms with E-state index in [0.717, 1.165) is 0 Å². The number of nitrogens with zero attached hydrogens (tertiary/aromatic N) is 1. The van der Waals surface area contributed by atoms with Gasteiger partial charge in [0, 0.05) is 24.2 Å². The minimum Gasteiger partial charge on any atom is -0.493 e. The highest BCUT2D eigenvalue weighted by atomic mass is 35.5. The van der Waals surface area contributed by atoms with Crippen molar-refractivity contribution >= 4 is 31.5 Å². The second kappa shape index (κ2) is 8.51. The molecule has 29 heavy (non-hydrogen) atoms. The SMILES string of the molecule is COc1ccc(S(=O)(=O)N2CCC(c3ccccc3Cl)S(=O)(=O)CC2)cc1OC. The van der Waals surface area contributed by atoms with E-state index in [1.165, 1.54) is 36.7 Å². The predicted molar refractivity (Wildman–Crippen MR) is 111 cm³/mol. The fourth-order valence-electron chi connectivity index (χ4n) is 3.38. The third kappa shape index (κ3) is 4.37. The van der Waals surface area contributed by atoms with Gasteiger partial charge in [-0.3, -0.25) is 0 Å². The van der Waals surface area contributed by atoms with Gasteiger partial charge in [0.1, 0.15) is 0 Å². The number of rotatable bonds is 5. The van der Waals surface area contributed by atoms with Gasteiger partial charge in [0.2, 0.25) is 10.0 Å². The second-order valence-electron chi connectivity index (χ2n) is 6.59. The van der Waals surface area contributed by atoms with Crippen molar-refractivity contribution in [2.45, 2.75) is 16.6 Å². The van der Waals surface area contributed by atoms with Crippen LogP contribution in [-0.4, -0.2) is 54.2 Å². The highest BCUT2D eigenvalue weighted by molar-refractivity contribution is 7.92. The van der Waals surface area contributed by atoms with Crippen LogP contribution in [0.4, 0.5) is 0 Å². The molecule has 2 aromatic carbocycles. The maximum absolute atomic E-state index is 13.1. The zero-order chi connectivity index (χ0) is 21.2. The lowest BCUT2D eigenvalue weighted by molar-refractivity contribution is 0.353. The van der Waals surface area contributed by atoms with Crippen molar-refractivity contribution in [2.75, 3.05) is 33.1 Å². The van der Waals surface area contributed by atoms with Gasteiger partial charge >= 0.3 is 0 Å². The van der Waals surface area contributed by atoms with Gasteiger partial charge in [0.05, 0.1) is 30.1 Å². The van der Waals surface area contributed by atoms with E-state index in [0.29, 0.717) is 16.3 Å². The van der Waals surface area contributed by atoms with E-state index < -0.39 is 25.1 Å². The Labute approximate surface area is 176 Å². The first kappa shape index (κ1) is 21.9. The molecule has 0 amide bonds. The minimum atomic E-state index is -3.91. The normalized spacial score (nSPS) is 20.0. The lowest BCUT2D eigenvalue weighted by Gasteiger charge is -2.20. The zero-order valence-electron chi connectivity index (χ0n) is 16.0. The Morgan fingerprint density at radius 1 is 1.03 bits per heavy atom. The summed E-state index contributed by atoms with van der Waals surface area (Å²) < 4.78 is 63.5. The molecule has 0 spiro atoms. The Balaban J connectivity index is 1.92. The van der Waals surface area contributed by atoms with E-state index in [1.54, 1.807) is 24.3 Å². The maximum atomic E-state index is 13.1. The van der Waals surface area contributed by atoms with Gasteiger partial charge in [-0.05, 0) is 30.2 Å². The van der Waals surface area contributed by atoms with Crippen molar-refractivity contribution in [3.63, 3.8) is 0 Å². The van der Waals surface area contributed by atoms with Crippen LogP contribution in [0.15, 0.2) is 47.4 Å². The molecule has 1 atom stereocenters. The van der Waals surface area contributed by atoms with Gasteiger partial charge in [-0.25, -0.2) is 16.8 Å². The third-order valence-corrected chi connectivity index (χ3v) is 9.29. The molecule has 1 unspecified atom stereocenters. The Morgan fingerprint density at radius 2 is 1.72 bits per heavy atom. The second-order valence-corrected chi connectivity index (χ2v) is 11.2. The van der Waals surface area contributed by atoms with Gasteiger partial charge in [0.15, 0.2) is 21.3 Å². The van der Waals surface area contributed by atoms with Crippen LogP contribution in [-0.2, 0) is 19.9 Å². The van der Waals surface area contributed by atoms with Crippen molar-refractivity contribution in [1.29, 1.82) is 0 Å². The molecular formula is C19H22ClNO6S2. The number of halogens is 1. The summed E-state index contributed by atoms with van der Waals surface area (Å²) in [5.41, 5.74) is 0.500. The summed E-state index contributed by atoms with van der Waals surface area (Å²) in [5.74, 6) is 0.406. The van der Waals surface area contributed by atoms with Crippen molar-refractivity contribution in [2.24, 2.45) is 0 Å². The molecule has 1 fully saturated rings. The van der Waals surface area contributed by atoms with E-state index in [4.69, 9.17) is 21.1 Å². The Morgan fingerprint density at radius 3 is 2.38 bits per heavy atom. The molecule has 0 bridgehead atoms. The summed E-state index contributed by atoms with van der Waals surface area (Å²) in [6, 6.07) is 11.1. The summed E-state index contributed by atoms with van der Waals surface area (Å²) in [4.78, 5) is 0.0174. The zero-order valence-corrected chi connectivity index (χ0v) is 18.4. The summed E-state index contributed by atoms with van der Waals surface area (Å²) in [5, 5.41) is -0.487. The first-order chi connectivity index (χ1) is 13.7. The molecule has 0 radical (unpaired) electrons. The van der Waals surface area contributed by atoms with E-state index in [2.05, 4.69) is 0 Å². The molecule has 1 saturated heterocycles. The fourth-order valence-corrected chi connectivity index (χ4v) is 7.11. The van der Waals surface area contributed by atoms with Crippen molar-refractivity contribution < 1.29 is 26.3 Å². The molecule has 10 heteroatoms. The molecule has 0 saturated carbocycles. The Hall–Kier alpha value is -1.81. The average molecular weight is 460 g/mol. The van der Waals surface area contributed by atoms with Crippen LogP contribution in [0.3, 0.4) is 0 Å². The molecule has 0 N–H and O–H groups in total. The fraction of sp³-hybridized carbons (Fsp3) is 0.368. The van der Waals surface area contributed by atoms with E-state index >= 15 is 0 Å². The topological polar surface area (TPSA) is 90.0 Å². The highest BCUT2D eigenvalue weighted by Crippen LogP contribution is 2.36. The molecule has 158 valence electrons. The number of sulfonamides is 1. The third-order valence-electron chi connectivity index (χ3n) is 4.94. The summed E-state index contributed by atoms with van der Waals surface area (Å²) in [7, 11) is -4.60. The van der Waals surface area contributed by atoms with Gasteiger partial charge in [-0.1, -0.05) is 29.8 Å². The Kier molecular flexibility index (Phi) is 6.42. The smallest absolute Gasteiger partial charge is 0.243 e. The number of methoxy groups -OCH3 is 2. The predicted octanol–water partition coefficient (Wildman–Crippen LogP) is 2.91. The molecule has 7 nitrogen and oxygen atoms in total. The first-order valence-corrected chi connectivity index (χ1v) is 12.4. The lowest BCUT2D eigenvalue weighted by Crippen LogP contribution is -2.33. The van der Waals surface area contributed by atoms with Gasteiger partial charge in [-0.15, -0.1) is 0 Å². The van der Waals surface area contributed by atoms with Gasteiger partial charge < -0.3 is 9.47 Å². The molecule has 0 aromatic heterocycles. The molecule has 1 heterocycles. The molecule has 3 rings (SSSR count). The largest absolute Gasteiger partial charge is 0.493 e. The molecule has 1 aliphatic rings. The van der Waals surface area contributed by atoms with Crippen LogP contribution in [0, 0.1) is 0 Å². The van der Waals surface area contributed by atoms with Crippen molar-refractivity contribution in [3.8, 4) is 11.5 Å². The molecule has 0 aliphatic carbocycles. The average Bonchev–Trinajstić information content (AvgIpc) is 2.86. The van der Waals surface area contributed by atoms with Crippen LogP contribution in [0.5, 0.6) is 11.5 Å². The van der Waals surface area contributed by atoms with Gasteiger partial charge in [-0.2, -0.15) is 4.31 Å². The minimum absolute atomic E-state index is 0.0174. The lowest BCUT2D eigenvalue weighted by atomic mass is 10.1. The quantitative estimate of drug-likeness (QED) is 0.682. The number of ether oxygens (including phenoxy) is 2. The Bertz CT molecular complexity index is 1100. The van der Waals surface area contributed by atoms with Gasteiger partial charge in [0.25, 0.3) is 0 Å². The van der Waals surface area contributed by atoms with Crippen molar-refractivity contribution in [1.82, 2.24) is 4.31 Å². The monoisotopic (exact) mass is 459 g/mol. The van der Waals surface area contributed by atoms with E-state index in [-0.39, 0.29) is 35.9 Å². The molecule has 1 aliphatic heterocycles. The maximum Gasteiger partial charge on any atom is 0.243 e. The number of sulfone groups is 1. The molecule has 2 aromatic rings. The molecular weight excluding hydrogens is 438 g/mol. The summed E-state index contributed by atoms with van der Waals surface area (Å²) in [6.45, 7) is -0.0637. The van der Waals surface area contributed by atoms with Crippen LogP contribution in [0.2, 0.25) is 5.02 Å². The van der Waals surface area contributed by atoms with Crippen molar-refractivity contribution in [3.05, 3.63) is 53.1 Å². The van der Waals surface area contributed by atoms with Crippen LogP contribution >= 0.6 is 11.6 Å². The first-order valence-electron chi connectivity index (χ1n) is 8.89. The van der Waals surface area contributed by atoms with Crippen LogP contribution < -0.4 is 9.47 Å². The highest BCUT2D eigenvalue weighted by Gasteiger charge is 2.36. The van der Waals surface area contributed by atoms with E-state index in [1.807, 2.05) is 0 Å². The van der Waals surface area contributed by atoms with E-state index in [9.17, 15) is 16.8 Å².